The molecule has 0 saturated heterocycles. The molecule has 1 aromatic rings. The van der Waals surface area contributed by atoms with Crippen LogP contribution in [-0.2, 0) is 6.18 Å². The van der Waals surface area contributed by atoms with Crippen LogP contribution in [-0.4, -0.2) is 16.0 Å². The second-order valence-electron chi connectivity index (χ2n) is 4.52. The first-order valence-corrected chi connectivity index (χ1v) is 5.62. The quantitative estimate of drug-likeness (QED) is 0.870. The topological polar surface area (TPSA) is 37.8 Å². The third kappa shape index (κ3) is 3.08. The lowest BCUT2D eigenvalue weighted by molar-refractivity contribution is -0.141. The Hall–Kier alpha value is -1.33. The first-order valence-electron chi connectivity index (χ1n) is 5.62. The van der Waals surface area contributed by atoms with E-state index in [-0.39, 0.29) is 12.0 Å². The highest BCUT2D eigenvalue weighted by atomic mass is 19.4. The van der Waals surface area contributed by atoms with Crippen LogP contribution in [0.1, 0.15) is 31.9 Å². The summed E-state index contributed by atoms with van der Waals surface area (Å²) < 4.78 is 37.3. The van der Waals surface area contributed by atoms with Crippen molar-refractivity contribution in [3.63, 3.8) is 0 Å². The highest BCUT2D eigenvalue weighted by molar-refractivity contribution is 5.28. The first kappa shape index (κ1) is 12.1. The molecule has 1 aliphatic rings. The Labute approximate surface area is 97.5 Å². The van der Waals surface area contributed by atoms with Crippen LogP contribution < -0.4 is 5.32 Å². The molecule has 1 saturated carbocycles. The van der Waals surface area contributed by atoms with Gasteiger partial charge in [-0.05, 0) is 31.2 Å². The molecule has 0 amide bonds. The van der Waals surface area contributed by atoms with Gasteiger partial charge in [-0.1, -0.05) is 6.92 Å². The van der Waals surface area contributed by atoms with E-state index >= 15 is 0 Å². The maximum absolute atomic E-state index is 12.4. The number of hydrogen-bond acceptors (Lipinski definition) is 3. The van der Waals surface area contributed by atoms with Gasteiger partial charge >= 0.3 is 6.18 Å². The van der Waals surface area contributed by atoms with Gasteiger partial charge in [0, 0.05) is 12.2 Å². The molecule has 0 aromatic carbocycles. The zero-order valence-corrected chi connectivity index (χ0v) is 9.46. The highest BCUT2D eigenvalue weighted by Gasteiger charge is 2.33. The number of hydrogen-bond donors (Lipinski definition) is 1. The summed E-state index contributed by atoms with van der Waals surface area (Å²) in [7, 11) is 0. The molecule has 0 radical (unpaired) electrons. The molecule has 1 N–H and O–H groups in total. The van der Waals surface area contributed by atoms with Crippen molar-refractivity contribution in [1.29, 1.82) is 0 Å². The Bertz CT molecular complexity index is 392. The Morgan fingerprint density at radius 3 is 2.71 bits per heavy atom. The Balaban J connectivity index is 2.06. The van der Waals surface area contributed by atoms with Crippen molar-refractivity contribution in [3.8, 4) is 0 Å². The lowest BCUT2D eigenvalue weighted by Crippen LogP contribution is -2.19. The number of nitrogens with zero attached hydrogens (tertiary/aromatic N) is 2. The van der Waals surface area contributed by atoms with Gasteiger partial charge < -0.3 is 5.32 Å². The SMILES string of the molecule is CC1CCC(Nc2nccc(C(F)(F)F)n2)C1. The molecule has 2 rings (SSSR count). The van der Waals surface area contributed by atoms with Crippen LogP contribution in [0.15, 0.2) is 12.3 Å². The minimum absolute atomic E-state index is 0.0684. The first-order chi connectivity index (χ1) is 7.95. The van der Waals surface area contributed by atoms with Crippen molar-refractivity contribution < 1.29 is 13.2 Å². The second kappa shape index (κ2) is 4.50. The van der Waals surface area contributed by atoms with Gasteiger partial charge in [0.15, 0.2) is 0 Å². The van der Waals surface area contributed by atoms with Crippen LogP contribution in [0.2, 0.25) is 0 Å². The smallest absolute Gasteiger partial charge is 0.351 e. The van der Waals surface area contributed by atoms with Crippen molar-refractivity contribution in [2.45, 2.75) is 38.4 Å². The lowest BCUT2D eigenvalue weighted by Gasteiger charge is -2.13. The summed E-state index contributed by atoms with van der Waals surface area (Å²) in [6, 6.07) is 1.07. The number of nitrogens with one attached hydrogen (secondary N) is 1. The standard InChI is InChI=1S/C11H14F3N3/c1-7-2-3-8(6-7)16-10-15-5-4-9(17-10)11(12,13)14/h4-5,7-8H,2-3,6H2,1H3,(H,15,16,17). The molecule has 1 aromatic heterocycles. The molecule has 3 nitrogen and oxygen atoms in total. The number of alkyl halides is 3. The normalized spacial score (nSPS) is 24.9. The molecule has 1 fully saturated rings. The van der Waals surface area contributed by atoms with Crippen LogP contribution in [0.25, 0.3) is 0 Å². The fraction of sp³-hybridized carbons (Fsp3) is 0.636. The van der Waals surface area contributed by atoms with E-state index < -0.39 is 11.9 Å². The maximum atomic E-state index is 12.4. The van der Waals surface area contributed by atoms with Crippen molar-refractivity contribution in [3.05, 3.63) is 18.0 Å². The Kier molecular flexibility index (Phi) is 3.22. The van der Waals surface area contributed by atoms with Gasteiger partial charge in [-0.3, -0.25) is 0 Å². The molecule has 2 unspecified atom stereocenters. The summed E-state index contributed by atoms with van der Waals surface area (Å²) in [4.78, 5) is 7.30. The average molecular weight is 245 g/mol. The predicted molar refractivity (Wildman–Crippen MR) is 57.5 cm³/mol. The molecule has 94 valence electrons. The van der Waals surface area contributed by atoms with Crippen LogP contribution in [0, 0.1) is 5.92 Å². The summed E-state index contributed by atoms with van der Waals surface area (Å²) in [5.74, 6) is 0.678. The van der Waals surface area contributed by atoms with E-state index in [9.17, 15) is 13.2 Å². The zero-order chi connectivity index (χ0) is 12.5. The second-order valence-corrected chi connectivity index (χ2v) is 4.52. The third-order valence-corrected chi connectivity index (χ3v) is 2.97. The van der Waals surface area contributed by atoms with Crippen molar-refractivity contribution in [1.82, 2.24) is 9.97 Å². The molecule has 1 heterocycles. The molecule has 6 heteroatoms. The van der Waals surface area contributed by atoms with Gasteiger partial charge in [-0.2, -0.15) is 13.2 Å². The summed E-state index contributed by atoms with van der Waals surface area (Å²) in [5, 5.41) is 2.96. The highest BCUT2D eigenvalue weighted by Crippen LogP contribution is 2.29. The predicted octanol–water partition coefficient (Wildman–Crippen LogP) is 3.10. The molecule has 1 aliphatic carbocycles. The number of anilines is 1. The minimum Gasteiger partial charge on any atom is -0.351 e. The summed E-state index contributed by atoms with van der Waals surface area (Å²) >= 11 is 0. The molecule has 2 atom stereocenters. The maximum Gasteiger partial charge on any atom is 0.433 e. The number of aromatic nitrogens is 2. The molecular weight excluding hydrogens is 231 g/mol. The number of rotatable bonds is 2. The molecule has 0 bridgehead atoms. The fourth-order valence-corrected chi connectivity index (χ4v) is 2.11. The average Bonchev–Trinajstić information content (AvgIpc) is 2.63. The van der Waals surface area contributed by atoms with E-state index in [1.54, 1.807) is 0 Å². The van der Waals surface area contributed by atoms with Gasteiger partial charge in [0.25, 0.3) is 0 Å². The Morgan fingerprint density at radius 2 is 2.12 bits per heavy atom. The van der Waals surface area contributed by atoms with E-state index in [1.807, 2.05) is 0 Å². The van der Waals surface area contributed by atoms with Crippen LogP contribution in [0.4, 0.5) is 19.1 Å². The number of halogens is 3. The fourth-order valence-electron chi connectivity index (χ4n) is 2.11. The van der Waals surface area contributed by atoms with Crippen molar-refractivity contribution >= 4 is 5.95 Å². The molecular formula is C11H14F3N3. The monoisotopic (exact) mass is 245 g/mol. The Morgan fingerprint density at radius 1 is 1.35 bits per heavy atom. The van der Waals surface area contributed by atoms with Crippen LogP contribution in [0.5, 0.6) is 0 Å². The molecule has 0 spiro atoms. The van der Waals surface area contributed by atoms with Crippen molar-refractivity contribution in [2.24, 2.45) is 5.92 Å². The lowest BCUT2D eigenvalue weighted by atomic mass is 10.1. The van der Waals surface area contributed by atoms with Gasteiger partial charge in [0.1, 0.15) is 5.69 Å². The van der Waals surface area contributed by atoms with E-state index in [0.717, 1.165) is 31.5 Å². The van der Waals surface area contributed by atoms with Gasteiger partial charge in [0.2, 0.25) is 5.95 Å². The van der Waals surface area contributed by atoms with Crippen LogP contribution >= 0.6 is 0 Å². The van der Waals surface area contributed by atoms with Gasteiger partial charge in [-0.25, -0.2) is 9.97 Å². The molecule has 0 aliphatic heterocycles. The van der Waals surface area contributed by atoms with E-state index in [2.05, 4.69) is 22.2 Å². The zero-order valence-electron chi connectivity index (χ0n) is 9.46. The van der Waals surface area contributed by atoms with E-state index in [4.69, 9.17) is 0 Å². The summed E-state index contributed by atoms with van der Waals surface area (Å²) in [6.07, 6.45) is -0.268. The summed E-state index contributed by atoms with van der Waals surface area (Å²) in [6.45, 7) is 2.13. The largest absolute Gasteiger partial charge is 0.433 e. The van der Waals surface area contributed by atoms with Gasteiger partial charge in [-0.15, -0.1) is 0 Å². The third-order valence-electron chi connectivity index (χ3n) is 2.97. The van der Waals surface area contributed by atoms with E-state index in [0.29, 0.717) is 5.92 Å². The van der Waals surface area contributed by atoms with Crippen LogP contribution in [0.3, 0.4) is 0 Å². The van der Waals surface area contributed by atoms with E-state index in [1.165, 1.54) is 0 Å². The molecule has 17 heavy (non-hydrogen) atoms. The minimum atomic E-state index is -4.41. The van der Waals surface area contributed by atoms with Gasteiger partial charge in [0.05, 0.1) is 0 Å². The van der Waals surface area contributed by atoms with Crippen molar-refractivity contribution in [2.75, 3.05) is 5.32 Å². The summed E-state index contributed by atoms with van der Waals surface area (Å²) in [5.41, 5.74) is -0.902.